The first-order valence-electron chi connectivity index (χ1n) is 3.74. The van der Waals surface area contributed by atoms with Crippen molar-refractivity contribution in [3.8, 4) is 5.75 Å². The van der Waals surface area contributed by atoms with Crippen molar-refractivity contribution in [2.75, 3.05) is 7.11 Å². The Bertz CT molecular complexity index is 278. The van der Waals surface area contributed by atoms with Crippen LogP contribution in [0.5, 0.6) is 5.75 Å². The summed E-state index contributed by atoms with van der Waals surface area (Å²) in [4.78, 5) is 0. The molecule has 13 heavy (non-hydrogen) atoms. The third-order valence-corrected chi connectivity index (χ3v) is 1.70. The van der Waals surface area contributed by atoms with E-state index < -0.39 is 0 Å². The van der Waals surface area contributed by atoms with E-state index in [4.69, 9.17) is 10.5 Å². The summed E-state index contributed by atoms with van der Waals surface area (Å²) >= 11 is 0. The van der Waals surface area contributed by atoms with E-state index in [0.29, 0.717) is 5.56 Å². The first kappa shape index (κ1) is 12.2. The van der Waals surface area contributed by atoms with Gasteiger partial charge in [-0.2, -0.15) is 0 Å². The number of ether oxygens (including phenoxy) is 1. The minimum Gasteiger partial charge on any atom is -0.494 e. The van der Waals surface area contributed by atoms with Gasteiger partial charge >= 0.3 is 0 Å². The Morgan fingerprint density at radius 3 is 2.54 bits per heavy atom. The molecule has 0 saturated carbocycles. The molecule has 0 heterocycles. The van der Waals surface area contributed by atoms with Crippen molar-refractivity contribution >= 4 is 12.4 Å². The second kappa shape index (κ2) is 5.04. The summed E-state index contributed by atoms with van der Waals surface area (Å²) in [6, 6.07) is 4.64. The van der Waals surface area contributed by atoms with Gasteiger partial charge < -0.3 is 10.5 Å². The van der Waals surface area contributed by atoms with Crippen molar-refractivity contribution in [2.45, 2.75) is 13.0 Å². The molecular weight excluding hydrogens is 193 g/mol. The molecule has 1 aromatic rings. The first-order chi connectivity index (χ1) is 5.66. The van der Waals surface area contributed by atoms with Crippen LogP contribution >= 0.6 is 12.4 Å². The van der Waals surface area contributed by atoms with E-state index >= 15 is 0 Å². The van der Waals surface area contributed by atoms with Gasteiger partial charge in [0.15, 0.2) is 11.6 Å². The number of hydrogen-bond donors (Lipinski definition) is 1. The minimum atomic E-state index is -0.366. The highest BCUT2D eigenvalue weighted by atomic mass is 35.5. The van der Waals surface area contributed by atoms with Crippen molar-refractivity contribution in [3.05, 3.63) is 29.6 Å². The second-order valence-electron chi connectivity index (χ2n) is 2.65. The van der Waals surface area contributed by atoms with Gasteiger partial charge in [0.2, 0.25) is 0 Å². The van der Waals surface area contributed by atoms with Crippen LogP contribution in [0.1, 0.15) is 18.5 Å². The summed E-state index contributed by atoms with van der Waals surface area (Å²) in [6.07, 6.45) is 0. The van der Waals surface area contributed by atoms with Crippen LogP contribution in [0.3, 0.4) is 0 Å². The van der Waals surface area contributed by atoms with Crippen molar-refractivity contribution in [2.24, 2.45) is 5.73 Å². The molecule has 0 radical (unpaired) electrons. The SMILES string of the molecule is COc1cccc(C(C)N)c1F.Cl. The Balaban J connectivity index is 0.00000144. The van der Waals surface area contributed by atoms with Gasteiger partial charge in [-0.1, -0.05) is 12.1 Å². The lowest BCUT2D eigenvalue weighted by molar-refractivity contribution is 0.383. The molecule has 1 rings (SSSR count). The summed E-state index contributed by atoms with van der Waals surface area (Å²) in [5, 5.41) is 0. The minimum absolute atomic E-state index is 0. The summed E-state index contributed by atoms with van der Waals surface area (Å²) in [5.41, 5.74) is 6.02. The monoisotopic (exact) mass is 205 g/mol. The summed E-state index contributed by atoms with van der Waals surface area (Å²) in [6.45, 7) is 1.73. The number of hydrogen-bond acceptors (Lipinski definition) is 2. The van der Waals surface area contributed by atoms with Crippen LogP contribution in [0, 0.1) is 5.82 Å². The molecule has 0 aliphatic heterocycles. The van der Waals surface area contributed by atoms with Crippen LogP contribution in [0.15, 0.2) is 18.2 Å². The zero-order chi connectivity index (χ0) is 9.14. The summed E-state index contributed by atoms with van der Waals surface area (Å²) in [7, 11) is 1.43. The molecule has 0 spiro atoms. The van der Waals surface area contributed by atoms with E-state index in [-0.39, 0.29) is 30.0 Å². The second-order valence-corrected chi connectivity index (χ2v) is 2.65. The third kappa shape index (κ3) is 2.57. The largest absolute Gasteiger partial charge is 0.494 e. The standard InChI is InChI=1S/C9H12FNO.ClH/c1-6(11)7-4-3-5-8(12-2)9(7)10;/h3-6H,11H2,1-2H3;1H. The van der Waals surface area contributed by atoms with E-state index in [1.54, 1.807) is 25.1 Å². The molecule has 74 valence electrons. The molecule has 2 nitrogen and oxygen atoms in total. The molecule has 0 aliphatic rings. The Labute approximate surface area is 83.3 Å². The van der Waals surface area contributed by atoms with E-state index in [1.807, 2.05) is 0 Å². The smallest absolute Gasteiger partial charge is 0.169 e. The molecule has 1 aromatic carbocycles. The molecule has 2 N–H and O–H groups in total. The average molecular weight is 206 g/mol. The average Bonchev–Trinajstić information content (AvgIpc) is 2.04. The van der Waals surface area contributed by atoms with E-state index in [2.05, 4.69) is 0 Å². The van der Waals surface area contributed by atoms with Crippen LogP contribution in [0.4, 0.5) is 4.39 Å². The van der Waals surface area contributed by atoms with Crippen molar-refractivity contribution in [1.29, 1.82) is 0 Å². The van der Waals surface area contributed by atoms with E-state index in [9.17, 15) is 4.39 Å². The van der Waals surface area contributed by atoms with Gasteiger partial charge in [0, 0.05) is 11.6 Å². The van der Waals surface area contributed by atoms with Crippen LogP contribution in [0.25, 0.3) is 0 Å². The lowest BCUT2D eigenvalue weighted by Crippen LogP contribution is -2.07. The lowest BCUT2D eigenvalue weighted by atomic mass is 10.1. The van der Waals surface area contributed by atoms with Crippen LogP contribution < -0.4 is 10.5 Å². The van der Waals surface area contributed by atoms with Gasteiger partial charge in [0.05, 0.1) is 7.11 Å². The summed E-state index contributed by atoms with van der Waals surface area (Å²) in [5.74, 6) is -0.125. The third-order valence-electron chi connectivity index (χ3n) is 1.70. The molecule has 0 saturated heterocycles. The molecule has 0 aliphatic carbocycles. The molecule has 0 aromatic heterocycles. The predicted molar refractivity (Wildman–Crippen MR) is 52.8 cm³/mol. The predicted octanol–water partition coefficient (Wildman–Crippen LogP) is 2.28. The molecule has 0 fully saturated rings. The summed E-state index contributed by atoms with van der Waals surface area (Å²) < 4.78 is 18.1. The fourth-order valence-corrected chi connectivity index (χ4v) is 1.04. The Morgan fingerprint density at radius 2 is 2.08 bits per heavy atom. The van der Waals surface area contributed by atoms with E-state index in [0.717, 1.165) is 0 Å². The molecule has 1 atom stereocenters. The molecule has 0 amide bonds. The number of methoxy groups -OCH3 is 1. The van der Waals surface area contributed by atoms with Gasteiger partial charge in [-0.25, -0.2) is 4.39 Å². The van der Waals surface area contributed by atoms with Gasteiger partial charge in [-0.05, 0) is 13.0 Å². The van der Waals surface area contributed by atoms with Crippen LogP contribution in [-0.4, -0.2) is 7.11 Å². The number of benzene rings is 1. The fourth-order valence-electron chi connectivity index (χ4n) is 1.04. The zero-order valence-electron chi connectivity index (χ0n) is 7.58. The highest BCUT2D eigenvalue weighted by molar-refractivity contribution is 5.85. The van der Waals surface area contributed by atoms with Crippen molar-refractivity contribution < 1.29 is 9.13 Å². The van der Waals surface area contributed by atoms with Crippen molar-refractivity contribution in [1.82, 2.24) is 0 Å². The quantitative estimate of drug-likeness (QED) is 0.804. The highest BCUT2D eigenvalue weighted by Gasteiger charge is 2.10. The van der Waals surface area contributed by atoms with Gasteiger partial charge in [-0.15, -0.1) is 12.4 Å². The van der Waals surface area contributed by atoms with Crippen molar-refractivity contribution in [3.63, 3.8) is 0 Å². The Kier molecular flexibility index (Phi) is 4.73. The molecule has 0 bridgehead atoms. The highest BCUT2D eigenvalue weighted by Crippen LogP contribution is 2.23. The van der Waals surface area contributed by atoms with Crippen LogP contribution in [0.2, 0.25) is 0 Å². The maximum atomic E-state index is 13.3. The van der Waals surface area contributed by atoms with Gasteiger partial charge in [-0.3, -0.25) is 0 Å². The van der Waals surface area contributed by atoms with Gasteiger partial charge in [0.25, 0.3) is 0 Å². The first-order valence-corrected chi connectivity index (χ1v) is 3.74. The maximum absolute atomic E-state index is 13.3. The lowest BCUT2D eigenvalue weighted by Gasteiger charge is -2.09. The molecule has 1 unspecified atom stereocenters. The maximum Gasteiger partial charge on any atom is 0.169 e. The zero-order valence-corrected chi connectivity index (χ0v) is 8.40. The Morgan fingerprint density at radius 1 is 1.46 bits per heavy atom. The number of nitrogens with two attached hydrogens (primary N) is 1. The van der Waals surface area contributed by atoms with Gasteiger partial charge in [0.1, 0.15) is 0 Å². The topological polar surface area (TPSA) is 35.2 Å². The molecular formula is C9H13ClFNO. The van der Waals surface area contributed by atoms with Crippen LogP contribution in [-0.2, 0) is 0 Å². The normalized spacial score (nSPS) is 11.7. The van der Waals surface area contributed by atoms with E-state index in [1.165, 1.54) is 7.11 Å². The Hall–Kier alpha value is -0.800. The number of rotatable bonds is 2. The fraction of sp³-hybridized carbons (Fsp3) is 0.333. The molecule has 4 heteroatoms. The number of halogens is 2.